The molecule has 2 aromatic carbocycles. The highest BCUT2D eigenvalue weighted by Crippen LogP contribution is 2.13. The highest BCUT2D eigenvalue weighted by Gasteiger charge is 2.19. The molecule has 0 unspecified atom stereocenters. The summed E-state index contributed by atoms with van der Waals surface area (Å²) < 4.78 is 8.96. The molecule has 170 valence electrons. The van der Waals surface area contributed by atoms with E-state index >= 15 is 0 Å². The van der Waals surface area contributed by atoms with Gasteiger partial charge in [-0.15, -0.1) is 0 Å². The van der Waals surface area contributed by atoms with Crippen LogP contribution in [0.5, 0.6) is 0 Å². The molecule has 0 aliphatic heterocycles. The minimum Gasteiger partial charge on any atom is -0.372 e. The number of aliphatic imine (C=N–C) groups is 1. The van der Waals surface area contributed by atoms with Gasteiger partial charge in [0.2, 0.25) is 5.96 Å². The zero-order chi connectivity index (χ0) is 24.5. The fourth-order valence-electron chi connectivity index (χ4n) is 2.11. The molecule has 15 nitrogen and oxygen atoms in total. The number of nitro benzene ring substituents is 2. The van der Waals surface area contributed by atoms with Gasteiger partial charge in [-0.2, -0.15) is 0 Å². The topological polar surface area (TPSA) is 209 Å². The monoisotopic (exact) mass is 459 g/mol. The Hall–Kier alpha value is -5.21. The van der Waals surface area contributed by atoms with Gasteiger partial charge in [0.15, 0.2) is 0 Å². The number of nitrogens with zero attached hydrogens (tertiary/aromatic N) is 3. The van der Waals surface area contributed by atoms with Crippen LogP contribution >= 0.6 is 0 Å². The molecule has 0 saturated carbocycles. The van der Waals surface area contributed by atoms with Gasteiger partial charge >= 0.3 is 24.1 Å². The lowest BCUT2D eigenvalue weighted by molar-refractivity contribution is -0.385. The Morgan fingerprint density at radius 2 is 1.06 bits per heavy atom. The van der Waals surface area contributed by atoms with Gasteiger partial charge in [0.25, 0.3) is 11.4 Å². The number of carbonyl (C=O) groups excluding carboxylic acids is 4. The number of carbonyl (C=O) groups is 4. The molecule has 2 aromatic rings. The Balaban J connectivity index is 1.89. The van der Waals surface area contributed by atoms with Gasteiger partial charge in [-0.05, 0) is 24.3 Å². The zero-order valence-electron chi connectivity index (χ0n) is 16.5. The largest absolute Gasteiger partial charge is 0.421 e. The summed E-state index contributed by atoms with van der Waals surface area (Å²) in [5.74, 6) is -2.83. The third kappa shape index (κ3) is 6.92. The van der Waals surface area contributed by atoms with Crippen molar-refractivity contribution in [3.63, 3.8) is 0 Å². The van der Waals surface area contributed by atoms with Crippen molar-refractivity contribution in [1.82, 2.24) is 10.6 Å². The van der Waals surface area contributed by atoms with Crippen LogP contribution in [0.15, 0.2) is 53.5 Å². The fraction of sp³-hybridized carbons (Fsp3) is 0.0556. The molecule has 2 amide bonds. The summed E-state index contributed by atoms with van der Waals surface area (Å²) in [5, 5.41) is 25.1. The van der Waals surface area contributed by atoms with Gasteiger partial charge in [0.05, 0.1) is 21.0 Å². The van der Waals surface area contributed by atoms with Crippen LogP contribution in [-0.4, -0.2) is 47.0 Å². The zero-order valence-corrected chi connectivity index (χ0v) is 16.5. The third-order valence-electron chi connectivity index (χ3n) is 3.66. The first-order valence-electron chi connectivity index (χ1n) is 8.62. The van der Waals surface area contributed by atoms with E-state index in [-0.39, 0.29) is 22.5 Å². The number of ether oxygens (including phenoxy) is 2. The number of nitrogens with one attached hydrogen (secondary N) is 2. The predicted molar refractivity (Wildman–Crippen MR) is 107 cm³/mol. The number of alkyl carbamates (subject to hydrolysis) is 2. The van der Waals surface area contributed by atoms with Crippen molar-refractivity contribution < 1.29 is 38.5 Å². The van der Waals surface area contributed by atoms with E-state index in [4.69, 9.17) is 0 Å². The summed E-state index contributed by atoms with van der Waals surface area (Å²) in [6, 6.07) is 8.42. The van der Waals surface area contributed by atoms with Crippen molar-refractivity contribution in [3.05, 3.63) is 79.9 Å². The van der Waals surface area contributed by atoms with E-state index in [9.17, 15) is 39.4 Å². The average molecular weight is 459 g/mol. The molecule has 2 N–H and O–H groups in total. The number of esters is 2. The first kappa shape index (κ1) is 24.1. The van der Waals surface area contributed by atoms with Crippen molar-refractivity contribution in [2.75, 3.05) is 7.05 Å². The molecular formula is C18H13N5O10. The van der Waals surface area contributed by atoms with Crippen LogP contribution < -0.4 is 10.6 Å². The molecule has 0 bridgehead atoms. The van der Waals surface area contributed by atoms with E-state index in [1.165, 1.54) is 0 Å². The van der Waals surface area contributed by atoms with Gasteiger partial charge in [0.1, 0.15) is 0 Å². The van der Waals surface area contributed by atoms with Crippen LogP contribution in [0.2, 0.25) is 0 Å². The molecule has 0 radical (unpaired) electrons. The maximum atomic E-state index is 11.9. The molecule has 0 saturated heterocycles. The van der Waals surface area contributed by atoms with Crippen molar-refractivity contribution >= 4 is 41.5 Å². The van der Waals surface area contributed by atoms with Gasteiger partial charge in [-0.3, -0.25) is 35.9 Å². The number of amides is 2. The highest BCUT2D eigenvalue weighted by atomic mass is 16.6. The molecule has 2 rings (SSSR count). The van der Waals surface area contributed by atoms with E-state index in [1.807, 2.05) is 10.6 Å². The van der Waals surface area contributed by atoms with Crippen molar-refractivity contribution in [1.29, 1.82) is 0 Å². The van der Waals surface area contributed by atoms with Crippen LogP contribution in [0.25, 0.3) is 0 Å². The van der Waals surface area contributed by atoms with Crippen molar-refractivity contribution in [3.8, 4) is 0 Å². The van der Waals surface area contributed by atoms with Gasteiger partial charge in [0, 0.05) is 31.3 Å². The number of rotatable bonds is 4. The maximum Gasteiger partial charge on any atom is 0.421 e. The molecule has 0 heterocycles. The first-order valence-corrected chi connectivity index (χ1v) is 8.62. The number of hydrogen-bond donors (Lipinski definition) is 2. The summed E-state index contributed by atoms with van der Waals surface area (Å²) in [5.41, 5.74) is -0.872. The van der Waals surface area contributed by atoms with E-state index in [0.29, 0.717) is 0 Å². The summed E-state index contributed by atoms with van der Waals surface area (Å²) >= 11 is 0. The smallest absolute Gasteiger partial charge is 0.372 e. The Morgan fingerprint density at radius 3 is 1.33 bits per heavy atom. The number of benzene rings is 2. The minimum absolute atomic E-state index is 0.160. The van der Waals surface area contributed by atoms with Crippen molar-refractivity contribution in [2.24, 2.45) is 4.99 Å². The fourth-order valence-corrected chi connectivity index (χ4v) is 2.11. The first-order chi connectivity index (χ1) is 15.6. The molecule has 0 aromatic heterocycles. The number of guanidine groups is 1. The molecule has 0 atom stereocenters. The Kier molecular flexibility index (Phi) is 7.81. The summed E-state index contributed by atoms with van der Waals surface area (Å²) in [4.78, 5) is 70.8. The molecule has 0 spiro atoms. The van der Waals surface area contributed by atoms with Crippen LogP contribution in [0.4, 0.5) is 21.0 Å². The van der Waals surface area contributed by atoms with Gasteiger partial charge in [-0.25, -0.2) is 19.2 Å². The summed E-state index contributed by atoms with van der Waals surface area (Å²) in [7, 11) is 1.15. The summed E-state index contributed by atoms with van der Waals surface area (Å²) in [6.07, 6.45) is -2.72. The molecule has 0 aliphatic carbocycles. The van der Waals surface area contributed by atoms with E-state index in [1.54, 1.807) is 0 Å². The van der Waals surface area contributed by atoms with Crippen LogP contribution in [-0.2, 0) is 9.47 Å². The molecule has 33 heavy (non-hydrogen) atoms. The Labute approximate surface area is 183 Å². The third-order valence-corrected chi connectivity index (χ3v) is 3.66. The lowest BCUT2D eigenvalue weighted by Gasteiger charge is -2.09. The van der Waals surface area contributed by atoms with Gasteiger partial charge in [-0.1, -0.05) is 0 Å². The number of nitro groups is 2. The quantitative estimate of drug-likeness (QED) is 0.169. The van der Waals surface area contributed by atoms with E-state index < -0.39 is 39.9 Å². The van der Waals surface area contributed by atoms with Crippen molar-refractivity contribution in [2.45, 2.75) is 0 Å². The normalized spacial score (nSPS) is 9.73. The summed E-state index contributed by atoms with van der Waals surface area (Å²) in [6.45, 7) is 0. The van der Waals surface area contributed by atoms with Crippen LogP contribution in [0, 0.1) is 20.2 Å². The second kappa shape index (κ2) is 10.7. The molecule has 0 fully saturated rings. The second-order valence-electron chi connectivity index (χ2n) is 5.78. The lowest BCUT2D eigenvalue weighted by Crippen LogP contribution is -2.45. The maximum absolute atomic E-state index is 11.9. The molecular weight excluding hydrogens is 446 g/mol. The highest BCUT2D eigenvalue weighted by molar-refractivity contribution is 6.07. The Morgan fingerprint density at radius 1 is 0.727 bits per heavy atom. The number of non-ortho nitro benzene ring substituents is 2. The van der Waals surface area contributed by atoms with Crippen LogP contribution in [0.1, 0.15) is 20.7 Å². The Bertz CT molecular complexity index is 1050. The average Bonchev–Trinajstić information content (AvgIpc) is 2.78. The van der Waals surface area contributed by atoms with E-state index in [0.717, 1.165) is 55.6 Å². The number of hydrogen-bond acceptors (Lipinski definition) is 11. The van der Waals surface area contributed by atoms with E-state index in [2.05, 4.69) is 14.5 Å². The minimum atomic E-state index is -1.36. The van der Waals surface area contributed by atoms with Gasteiger partial charge < -0.3 is 9.47 Å². The van der Waals surface area contributed by atoms with Crippen LogP contribution in [0.3, 0.4) is 0 Å². The molecule has 0 aliphatic rings. The second-order valence-corrected chi connectivity index (χ2v) is 5.78. The lowest BCUT2D eigenvalue weighted by atomic mass is 10.2. The molecule has 15 heteroatoms. The SMILES string of the molecule is CN=C(NC(=O)OC(=O)c1ccc([N+](=O)[O-])cc1)NC(=O)OC(=O)c1ccc([N+](=O)[O-])cc1. The predicted octanol–water partition coefficient (Wildman–Crippen LogP) is 1.92. The standard InChI is InChI=1S/C18H13N5O10/c1-19-16(20-17(26)32-14(24)10-2-6-12(7-3-10)22(28)29)21-18(27)33-15(25)11-4-8-13(9-5-11)23(30)31/h2-9H,1H3,(H2,19,20,21,26,27).